The number of fused-ring (bicyclic) bond motifs is 1. The summed E-state index contributed by atoms with van der Waals surface area (Å²) in [5.74, 6) is 0.435. The van der Waals surface area contributed by atoms with E-state index in [1.54, 1.807) is 19.1 Å². The maximum absolute atomic E-state index is 10.4. The quantitative estimate of drug-likeness (QED) is 0.690. The molecule has 108 valence electrons. The number of nitrogens with zero attached hydrogens (tertiary/aromatic N) is 4. The van der Waals surface area contributed by atoms with Gasteiger partial charge in [0.2, 0.25) is 0 Å². The first kappa shape index (κ1) is 13.4. The third kappa shape index (κ3) is 1.62. The number of ether oxygens (including phenoxy) is 1. The first-order valence-corrected chi connectivity index (χ1v) is 6.22. The number of aliphatic hydroxyl groups excluding tert-OH is 2. The van der Waals surface area contributed by atoms with Crippen LogP contribution in [-0.2, 0) is 10.3 Å². The summed E-state index contributed by atoms with van der Waals surface area (Å²) in [6, 6.07) is 5.23. The number of aliphatic hydroxyl groups is 2. The summed E-state index contributed by atoms with van der Waals surface area (Å²) in [5.41, 5.74) is 5.33. The molecule has 1 aliphatic heterocycles. The molecule has 0 aliphatic carbocycles. The lowest BCUT2D eigenvalue weighted by molar-refractivity contribution is -0.0218. The minimum Gasteiger partial charge on any atom is -0.465 e. The average molecular weight is 287 g/mol. The molecule has 8 nitrogen and oxygen atoms in total. The molecule has 3 heterocycles. The fourth-order valence-electron chi connectivity index (χ4n) is 2.51. The minimum absolute atomic E-state index is 0.182. The predicted molar refractivity (Wildman–Crippen MR) is 71.6 cm³/mol. The van der Waals surface area contributed by atoms with Crippen LogP contribution in [0.5, 0.6) is 0 Å². The van der Waals surface area contributed by atoms with Gasteiger partial charge in [0, 0.05) is 5.57 Å². The van der Waals surface area contributed by atoms with Crippen LogP contribution < -0.4 is 5.73 Å². The van der Waals surface area contributed by atoms with E-state index in [4.69, 9.17) is 10.5 Å². The van der Waals surface area contributed by atoms with E-state index in [0.29, 0.717) is 16.8 Å². The smallest absolute Gasteiger partial charge is 0.265 e. The van der Waals surface area contributed by atoms with Crippen molar-refractivity contribution in [3.8, 4) is 6.07 Å². The van der Waals surface area contributed by atoms with E-state index in [0.717, 1.165) is 0 Å². The number of hydrogen-bond acceptors (Lipinski definition) is 7. The Morgan fingerprint density at radius 3 is 2.95 bits per heavy atom. The zero-order valence-corrected chi connectivity index (χ0v) is 11.2. The Hall–Kier alpha value is -2.63. The van der Waals surface area contributed by atoms with Crippen molar-refractivity contribution in [3.63, 3.8) is 0 Å². The number of aromatic nitrogens is 3. The van der Waals surface area contributed by atoms with Crippen LogP contribution in [0.3, 0.4) is 0 Å². The predicted octanol–water partition coefficient (Wildman–Crippen LogP) is -0.312. The van der Waals surface area contributed by atoms with Gasteiger partial charge in [0.1, 0.15) is 42.1 Å². The highest BCUT2D eigenvalue weighted by molar-refractivity contribution is 5.66. The van der Waals surface area contributed by atoms with Crippen molar-refractivity contribution < 1.29 is 14.9 Å². The Labute approximate surface area is 119 Å². The molecule has 0 aromatic carbocycles. The summed E-state index contributed by atoms with van der Waals surface area (Å²) >= 11 is 0. The lowest BCUT2D eigenvalue weighted by Crippen LogP contribution is -2.38. The van der Waals surface area contributed by atoms with E-state index in [1.807, 2.05) is 6.07 Å². The Bertz CT molecular complexity index is 791. The summed E-state index contributed by atoms with van der Waals surface area (Å²) in [6.45, 7) is 1.21. The molecule has 1 unspecified atom stereocenters. The largest absolute Gasteiger partial charge is 0.465 e. The van der Waals surface area contributed by atoms with Crippen molar-refractivity contribution >= 4 is 11.3 Å². The van der Waals surface area contributed by atoms with Gasteiger partial charge in [0.25, 0.3) is 5.60 Å². The maximum Gasteiger partial charge on any atom is 0.265 e. The zero-order chi connectivity index (χ0) is 15.2. The van der Waals surface area contributed by atoms with Crippen LogP contribution >= 0.6 is 0 Å². The van der Waals surface area contributed by atoms with Crippen LogP contribution in [0.1, 0.15) is 12.6 Å². The van der Waals surface area contributed by atoms with Gasteiger partial charge in [0.15, 0.2) is 5.82 Å². The highest BCUT2D eigenvalue weighted by atomic mass is 16.5. The van der Waals surface area contributed by atoms with E-state index < -0.39 is 18.3 Å². The Balaban J connectivity index is 2.22. The number of nitriles is 1. The summed E-state index contributed by atoms with van der Waals surface area (Å²) in [4.78, 5) is 3.87. The van der Waals surface area contributed by atoms with Gasteiger partial charge in [-0.1, -0.05) is 0 Å². The highest BCUT2D eigenvalue weighted by Crippen LogP contribution is 2.42. The standard InChI is InChI=1S/C13H13N5O3/c1-7-9(4-19)21-13(5-14,11(7)20)10-3-2-8-12(15)16-6-17-18(8)10/h2-3,6,11,19-20H,4H2,1H3,(H2,15,16,17)/t11?,13-/m0/s1. The van der Waals surface area contributed by atoms with Crippen LogP contribution in [0.15, 0.2) is 29.8 Å². The minimum atomic E-state index is -1.67. The normalized spacial score (nSPS) is 25.1. The molecule has 0 saturated heterocycles. The lowest BCUT2D eigenvalue weighted by atomic mass is 9.92. The van der Waals surface area contributed by atoms with Crippen molar-refractivity contribution in [2.24, 2.45) is 0 Å². The molecule has 0 fully saturated rings. The van der Waals surface area contributed by atoms with Gasteiger partial charge >= 0.3 is 0 Å². The van der Waals surface area contributed by atoms with Crippen LogP contribution in [-0.4, -0.2) is 37.5 Å². The van der Waals surface area contributed by atoms with Crippen LogP contribution in [0, 0.1) is 11.3 Å². The number of hydrogen-bond donors (Lipinski definition) is 3. The molecule has 2 aromatic rings. The summed E-state index contributed by atoms with van der Waals surface area (Å²) in [6.07, 6.45) is 0.0461. The Kier molecular flexibility index (Phi) is 2.83. The monoisotopic (exact) mass is 287 g/mol. The van der Waals surface area contributed by atoms with Crippen molar-refractivity contribution in [2.45, 2.75) is 18.6 Å². The first-order valence-electron chi connectivity index (χ1n) is 6.22. The molecule has 4 N–H and O–H groups in total. The van der Waals surface area contributed by atoms with E-state index in [1.165, 1.54) is 10.8 Å². The van der Waals surface area contributed by atoms with Crippen LogP contribution in [0.2, 0.25) is 0 Å². The molecule has 0 spiro atoms. The second kappa shape index (κ2) is 4.44. The Morgan fingerprint density at radius 1 is 1.57 bits per heavy atom. The molecule has 8 heteroatoms. The van der Waals surface area contributed by atoms with Gasteiger partial charge in [-0.2, -0.15) is 10.4 Å². The fourth-order valence-corrected chi connectivity index (χ4v) is 2.51. The molecular formula is C13H13N5O3. The third-order valence-electron chi connectivity index (χ3n) is 3.69. The van der Waals surface area contributed by atoms with E-state index in [2.05, 4.69) is 10.1 Å². The van der Waals surface area contributed by atoms with Crippen molar-refractivity contribution in [1.82, 2.24) is 14.6 Å². The molecule has 0 bridgehead atoms. The summed E-state index contributed by atoms with van der Waals surface area (Å²) in [5, 5.41) is 33.3. The first-order chi connectivity index (χ1) is 10.0. The highest BCUT2D eigenvalue weighted by Gasteiger charge is 2.52. The van der Waals surface area contributed by atoms with Crippen molar-refractivity contribution in [1.29, 1.82) is 5.26 Å². The summed E-state index contributed by atoms with van der Waals surface area (Å²) < 4.78 is 6.97. The van der Waals surface area contributed by atoms with E-state index in [-0.39, 0.29) is 11.6 Å². The number of rotatable bonds is 2. The van der Waals surface area contributed by atoms with Gasteiger partial charge in [0.05, 0.1) is 0 Å². The number of nitrogens with two attached hydrogens (primary N) is 1. The number of anilines is 1. The van der Waals surface area contributed by atoms with E-state index >= 15 is 0 Å². The van der Waals surface area contributed by atoms with Crippen LogP contribution in [0.4, 0.5) is 5.82 Å². The fraction of sp³-hybridized carbons (Fsp3) is 0.308. The molecule has 0 amide bonds. The molecule has 21 heavy (non-hydrogen) atoms. The average Bonchev–Trinajstić information content (AvgIpc) is 3.03. The molecule has 2 aromatic heterocycles. The van der Waals surface area contributed by atoms with Crippen molar-refractivity contribution in [2.75, 3.05) is 12.3 Å². The molecule has 2 atom stereocenters. The number of nitrogen functional groups attached to an aromatic ring is 1. The third-order valence-corrected chi connectivity index (χ3v) is 3.69. The second-order valence-corrected chi connectivity index (χ2v) is 4.78. The molecule has 0 saturated carbocycles. The second-order valence-electron chi connectivity index (χ2n) is 4.78. The molecular weight excluding hydrogens is 274 g/mol. The van der Waals surface area contributed by atoms with E-state index in [9.17, 15) is 15.5 Å². The molecule has 0 radical (unpaired) electrons. The topological polar surface area (TPSA) is 130 Å². The van der Waals surface area contributed by atoms with Gasteiger partial charge < -0.3 is 20.7 Å². The summed E-state index contributed by atoms with van der Waals surface area (Å²) in [7, 11) is 0. The zero-order valence-electron chi connectivity index (χ0n) is 11.2. The van der Waals surface area contributed by atoms with Gasteiger partial charge in [-0.05, 0) is 19.1 Å². The van der Waals surface area contributed by atoms with Crippen molar-refractivity contribution in [3.05, 3.63) is 35.5 Å². The van der Waals surface area contributed by atoms with Gasteiger partial charge in [-0.25, -0.2) is 9.50 Å². The Morgan fingerprint density at radius 2 is 2.33 bits per heavy atom. The lowest BCUT2D eigenvalue weighted by Gasteiger charge is -2.25. The molecule has 1 aliphatic rings. The molecule has 3 rings (SSSR count). The van der Waals surface area contributed by atoms with Gasteiger partial charge in [-0.3, -0.25) is 0 Å². The maximum atomic E-state index is 10.4. The SMILES string of the molecule is CC1=C(CO)O[C@@](C#N)(c2ccc3c(N)ncnn23)C1O. The van der Waals surface area contributed by atoms with Gasteiger partial charge in [-0.15, -0.1) is 0 Å². The van der Waals surface area contributed by atoms with Crippen LogP contribution in [0.25, 0.3) is 5.52 Å².